The predicted octanol–water partition coefficient (Wildman–Crippen LogP) is 3.58. The van der Waals surface area contributed by atoms with Crippen molar-refractivity contribution >= 4 is 5.78 Å². The second-order valence-corrected chi connectivity index (χ2v) is 4.78. The number of carbonyl (C=O) groups excluding carboxylic acids is 1. The monoisotopic (exact) mass is 237 g/mol. The van der Waals surface area contributed by atoms with Gasteiger partial charge in [-0.3, -0.25) is 9.78 Å². The van der Waals surface area contributed by atoms with Crippen molar-refractivity contribution in [2.45, 2.75) is 26.2 Å². The Morgan fingerprint density at radius 1 is 1.00 bits per heavy atom. The number of aromatic nitrogens is 1. The summed E-state index contributed by atoms with van der Waals surface area (Å²) in [6.45, 7) is 2.08. The SMILES string of the molecule is Cc1ccccc1-c1ccc2c(n1)CCCC2=O. The Labute approximate surface area is 107 Å². The molecule has 0 unspecified atom stereocenters. The molecule has 90 valence electrons. The first-order chi connectivity index (χ1) is 8.75. The van der Waals surface area contributed by atoms with Crippen molar-refractivity contribution in [2.75, 3.05) is 0 Å². The second-order valence-electron chi connectivity index (χ2n) is 4.78. The molecule has 1 heterocycles. The number of carbonyl (C=O) groups is 1. The third-order valence-corrected chi connectivity index (χ3v) is 3.51. The molecule has 0 fully saturated rings. The number of ketones is 1. The van der Waals surface area contributed by atoms with Crippen molar-refractivity contribution in [2.24, 2.45) is 0 Å². The first-order valence-electron chi connectivity index (χ1n) is 6.35. The largest absolute Gasteiger partial charge is 0.294 e. The molecule has 1 aliphatic carbocycles. The van der Waals surface area contributed by atoms with Gasteiger partial charge < -0.3 is 0 Å². The fourth-order valence-electron chi connectivity index (χ4n) is 2.51. The molecule has 1 aromatic carbocycles. The molecule has 0 bridgehead atoms. The van der Waals surface area contributed by atoms with Gasteiger partial charge in [-0.15, -0.1) is 0 Å². The average molecular weight is 237 g/mol. The van der Waals surface area contributed by atoms with Crippen LogP contribution in [0.1, 0.15) is 34.5 Å². The van der Waals surface area contributed by atoms with E-state index in [-0.39, 0.29) is 5.78 Å². The van der Waals surface area contributed by atoms with Gasteiger partial charge in [-0.25, -0.2) is 0 Å². The molecular weight excluding hydrogens is 222 g/mol. The molecule has 0 atom stereocenters. The molecule has 0 radical (unpaired) electrons. The molecule has 2 heteroatoms. The van der Waals surface area contributed by atoms with Crippen LogP contribution in [0.5, 0.6) is 0 Å². The van der Waals surface area contributed by atoms with E-state index in [1.54, 1.807) is 0 Å². The molecule has 18 heavy (non-hydrogen) atoms. The minimum atomic E-state index is 0.236. The van der Waals surface area contributed by atoms with E-state index in [1.165, 1.54) is 5.56 Å². The first kappa shape index (κ1) is 11.1. The summed E-state index contributed by atoms with van der Waals surface area (Å²) in [5.41, 5.74) is 5.12. The van der Waals surface area contributed by atoms with Gasteiger partial charge in [0.1, 0.15) is 0 Å². The van der Waals surface area contributed by atoms with E-state index in [2.05, 4.69) is 24.0 Å². The summed E-state index contributed by atoms with van der Waals surface area (Å²) in [6, 6.07) is 12.1. The van der Waals surface area contributed by atoms with E-state index in [0.717, 1.165) is 35.4 Å². The average Bonchev–Trinajstić information content (AvgIpc) is 2.39. The van der Waals surface area contributed by atoms with E-state index in [9.17, 15) is 4.79 Å². The molecule has 2 aromatic rings. The lowest BCUT2D eigenvalue weighted by molar-refractivity contribution is 0.0971. The van der Waals surface area contributed by atoms with E-state index < -0.39 is 0 Å². The maximum atomic E-state index is 11.8. The highest BCUT2D eigenvalue weighted by atomic mass is 16.1. The Balaban J connectivity index is 2.10. The summed E-state index contributed by atoms with van der Waals surface area (Å²) in [4.78, 5) is 16.4. The van der Waals surface area contributed by atoms with Crippen molar-refractivity contribution in [3.05, 3.63) is 53.2 Å². The summed E-state index contributed by atoms with van der Waals surface area (Å²) >= 11 is 0. The second kappa shape index (κ2) is 4.37. The molecule has 0 N–H and O–H groups in total. The van der Waals surface area contributed by atoms with E-state index in [0.29, 0.717) is 6.42 Å². The molecule has 0 spiro atoms. The van der Waals surface area contributed by atoms with Crippen LogP contribution in [0.25, 0.3) is 11.3 Å². The highest BCUT2D eigenvalue weighted by Crippen LogP contribution is 2.26. The van der Waals surface area contributed by atoms with Crippen LogP contribution in [0, 0.1) is 6.92 Å². The van der Waals surface area contributed by atoms with Gasteiger partial charge in [0.2, 0.25) is 0 Å². The van der Waals surface area contributed by atoms with E-state index >= 15 is 0 Å². The van der Waals surface area contributed by atoms with Crippen LogP contribution in [0.2, 0.25) is 0 Å². The topological polar surface area (TPSA) is 30.0 Å². The Kier molecular flexibility index (Phi) is 2.71. The van der Waals surface area contributed by atoms with Crippen LogP contribution in [-0.4, -0.2) is 10.8 Å². The quantitative estimate of drug-likeness (QED) is 0.758. The highest BCUT2D eigenvalue weighted by Gasteiger charge is 2.18. The molecule has 2 nitrogen and oxygen atoms in total. The van der Waals surface area contributed by atoms with Crippen LogP contribution >= 0.6 is 0 Å². The predicted molar refractivity (Wildman–Crippen MR) is 71.7 cm³/mol. The number of aryl methyl sites for hydroxylation is 2. The van der Waals surface area contributed by atoms with Gasteiger partial charge in [0.15, 0.2) is 5.78 Å². The number of hydrogen-bond donors (Lipinski definition) is 0. The number of benzene rings is 1. The molecule has 0 amide bonds. The smallest absolute Gasteiger partial charge is 0.164 e. The van der Waals surface area contributed by atoms with Crippen molar-refractivity contribution in [1.29, 1.82) is 0 Å². The molecular formula is C16H15NO. The molecule has 0 saturated carbocycles. The van der Waals surface area contributed by atoms with Crippen LogP contribution in [0.4, 0.5) is 0 Å². The lowest BCUT2D eigenvalue weighted by atomic mass is 9.93. The summed E-state index contributed by atoms with van der Waals surface area (Å²) in [7, 11) is 0. The molecule has 0 aliphatic heterocycles. The number of rotatable bonds is 1. The number of fused-ring (bicyclic) bond motifs is 1. The highest BCUT2D eigenvalue weighted by molar-refractivity contribution is 5.98. The van der Waals surface area contributed by atoms with Crippen molar-refractivity contribution in [3.8, 4) is 11.3 Å². The van der Waals surface area contributed by atoms with Gasteiger partial charge in [-0.2, -0.15) is 0 Å². The summed E-state index contributed by atoms with van der Waals surface area (Å²) in [5, 5.41) is 0. The third-order valence-electron chi connectivity index (χ3n) is 3.51. The summed E-state index contributed by atoms with van der Waals surface area (Å²) < 4.78 is 0. The zero-order chi connectivity index (χ0) is 12.5. The standard InChI is InChI=1S/C16H15NO/c1-11-5-2-3-6-12(11)15-10-9-13-14(17-15)7-4-8-16(13)18/h2-3,5-6,9-10H,4,7-8H2,1H3. The Morgan fingerprint density at radius 2 is 1.83 bits per heavy atom. The molecule has 3 rings (SSSR count). The van der Waals surface area contributed by atoms with Crippen LogP contribution in [0.3, 0.4) is 0 Å². The normalized spacial score (nSPS) is 14.4. The zero-order valence-corrected chi connectivity index (χ0v) is 10.4. The summed E-state index contributed by atoms with van der Waals surface area (Å²) in [6.07, 6.45) is 2.51. The van der Waals surface area contributed by atoms with Crippen LogP contribution < -0.4 is 0 Å². The van der Waals surface area contributed by atoms with E-state index in [4.69, 9.17) is 0 Å². The summed E-state index contributed by atoms with van der Waals surface area (Å²) in [5.74, 6) is 0.236. The van der Waals surface area contributed by atoms with Crippen molar-refractivity contribution in [1.82, 2.24) is 4.98 Å². The number of pyridine rings is 1. The maximum absolute atomic E-state index is 11.8. The minimum Gasteiger partial charge on any atom is -0.294 e. The van der Waals surface area contributed by atoms with Gasteiger partial charge in [-0.05, 0) is 37.5 Å². The Bertz CT molecular complexity index is 616. The lowest BCUT2D eigenvalue weighted by Crippen LogP contribution is -2.12. The third kappa shape index (κ3) is 1.84. The number of Topliss-reactive ketones (excluding diaryl/α,β-unsaturated/α-hetero) is 1. The fourth-order valence-corrected chi connectivity index (χ4v) is 2.51. The van der Waals surface area contributed by atoms with Gasteiger partial charge in [-0.1, -0.05) is 24.3 Å². The fraction of sp³-hybridized carbons (Fsp3) is 0.250. The minimum absolute atomic E-state index is 0.236. The van der Waals surface area contributed by atoms with Crippen LogP contribution in [-0.2, 0) is 6.42 Å². The van der Waals surface area contributed by atoms with Gasteiger partial charge in [0.05, 0.1) is 11.4 Å². The Hall–Kier alpha value is -1.96. The number of nitrogens with zero attached hydrogens (tertiary/aromatic N) is 1. The first-order valence-corrected chi connectivity index (χ1v) is 6.35. The number of hydrogen-bond acceptors (Lipinski definition) is 2. The zero-order valence-electron chi connectivity index (χ0n) is 10.4. The Morgan fingerprint density at radius 3 is 2.67 bits per heavy atom. The van der Waals surface area contributed by atoms with Crippen molar-refractivity contribution < 1.29 is 4.79 Å². The lowest BCUT2D eigenvalue weighted by Gasteiger charge is -2.15. The van der Waals surface area contributed by atoms with E-state index in [1.807, 2.05) is 24.3 Å². The molecule has 0 saturated heterocycles. The van der Waals surface area contributed by atoms with Gasteiger partial charge in [0, 0.05) is 17.5 Å². The van der Waals surface area contributed by atoms with Crippen molar-refractivity contribution in [3.63, 3.8) is 0 Å². The van der Waals surface area contributed by atoms with Crippen LogP contribution in [0.15, 0.2) is 36.4 Å². The maximum Gasteiger partial charge on any atom is 0.164 e. The molecule has 1 aliphatic rings. The van der Waals surface area contributed by atoms with Gasteiger partial charge in [0.25, 0.3) is 0 Å². The van der Waals surface area contributed by atoms with Gasteiger partial charge >= 0.3 is 0 Å². The molecule has 1 aromatic heterocycles.